The molecular formula is C22H26ClN3O3S. The van der Waals surface area contributed by atoms with Crippen molar-refractivity contribution in [1.29, 1.82) is 0 Å². The summed E-state index contributed by atoms with van der Waals surface area (Å²) in [7, 11) is 0. The molecule has 160 valence electrons. The molecule has 2 aliphatic rings. The maximum absolute atomic E-state index is 12.8. The number of benzene rings is 1. The average molecular weight is 448 g/mol. The average Bonchev–Trinajstić information content (AvgIpc) is 3.26. The van der Waals surface area contributed by atoms with Gasteiger partial charge >= 0.3 is 0 Å². The quantitative estimate of drug-likeness (QED) is 0.733. The van der Waals surface area contributed by atoms with E-state index in [1.807, 2.05) is 0 Å². The molecular weight excluding hydrogens is 422 g/mol. The van der Waals surface area contributed by atoms with Crippen molar-refractivity contribution in [3.63, 3.8) is 0 Å². The smallest absolute Gasteiger partial charge is 0.265 e. The fraction of sp³-hybridized carbons (Fsp3) is 0.455. The predicted molar refractivity (Wildman–Crippen MR) is 119 cm³/mol. The molecule has 1 aromatic carbocycles. The summed E-state index contributed by atoms with van der Waals surface area (Å²) >= 11 is 7.80. The van der Waals surface area contributed by atoms with Crippen LogP contribution in [0.25, 0.3) is 0 Å². The molecule has 4 rings (SSSR count). The molecule has 0 bridgehead atoms. The number of nitrogens with one attached hydrogen (secondary N) is 1. The van der Waals surface area contributed by atoms with Crippen LogP contribution >= 0.6 is 22.9 Å². The number of fused-ring (bicyclic) bond motifs is 1. The number of carbonyl (C=O) groups is 2. The number of piperidine rings is 1. The lowest BCUT2D eigenvalue weighted by molar-refractivity contribution is -0.125. The monoisotopic (exact) mass is 447 g/mol. The van der Waals surface area contributed by atoms with Gasteiger partial charge in [-0.1, -0.05) is 24.6 Å². The van der Waals surface area contributed by atoms with E-state index in [-0.39, 0.29) is 31.0 Å². The maximum atomic E-state index is 12.8. The number of carbonyl (C=O) groups excluding carboxylic acids is 2. The molecule has 1 aromatic heterocycles. The molecule has 0 spiro atoms. The third kappa shape index (κ3) is 4.79. The van der Waals surface area contributed by atoms with Gasteiger partial charge in [0.1, 0.15) is 12.3 Å². The number of halogens is 1. The molecule has 2 amide bonds. The fourth-order valence-corrected chi connectivity index (χ4v) is 5.02. The third-order valence-corrected chi connectivity index (χ3v) is 7.00. The molecule has 0 unspecified atom stereocenters. The van der Waals surface area contributed by atoms with Crippen molar-refractivity contribution in [1.82, 2.24) is 10.2 Å². The van der Waals surface area contributed by atoms with Crippen LogP contribution in [0.15, 0.2) is 35.7 Å². The van der Waals surface area contributed by atoms with Crippen molar-refractivity contribution < 1.29 is 14.3 Å². The summed E-state index contributed by atoms with van der Waals surface area (Å²) in [6.07, 6.45) is 2.35. The van der Waals surface area contributed by atoms with Crippen molar-refractivity contribution in [2.75, 3.05) is 37.7 Å². The number of rotatable bonds is 6. The summed E-state index contributed by atoms with van der Waals surface area (Å²) < 4.78 is 5.45. The van der Waals surface area contributed by atoms with Crippen LogP contribution in [0.3, 0.4) is 0 Å². The zero-order valence-electron chi connectivity index (χ0n) is 17.0. The number of hydrogen-bond donors (Lipinski definition) is 1. The van der Waals surface area contributed by atoms with Gasteiger partial charge in [-0.15, -0.1) is 11.3 Å². The lowest BCUT2D eigenvalue weighted by Gasteiger charge is -2.36. The molecule has 3 heterocycles. The zero-order chi connectivity index (χ0) is 21.1. The minimum atomic E-state index is -0.250. The van der Waals surface area contributed by atoms with Gasteiger partial charge in [-0.05, 0) is 61.5 Å². The van der Waals surface area contributed by atoms with Gasteiger partial charge in [0.05, 0.1) is 11.7 Å². The van der Waals surface area contributed by atoms with Gasteiger partial charge < -0.3 is 10.1 Å². The van der Waals surface area contributed by atoms with Gasteiger partial charge in [0.2, 0.25) is 5.91 Å². The van der Waals surface area contributed by atoms with Crippen LogP contribution in [0.4, 0.5) is 5.69 Å². The summed E-state index contributed by atoms with van der Waals surface area (Å²) in [5.74, 6) is 0.868. The molecule has 0 aliphatic carbocycles. The van der Waals surface area contributed by atoms with E-state index in [0.717, 1.165) is 19.0 Å². The van der Waals surface area contributed by atoms with Crippen LogP contribution in [0, 0.1) is 5.92 Å². The standard InChI is InChI=1S/C22H26ClN3O3S/c1-15-6-8-25(9-7-15)18(20-3-2-10-30-20)12-24-21(27)13-26-17-11-16(23)4-5-19(17)29-14-22(26)28/h2-5,10-11,15,18H,6-9,12-14H2,1H3,(H,24,27)/t18-/m1/s1. The van der Waals surface area contributed by atoms with Crippen LogP contribution in [0.1, 0.15) is 30.7 Å². The molecule has 30 heavy (non-hydrogen) atoms. The highest BCUT2D eigenvalue weighted by atomic mass is 35.5. The Morgan fingerprint density at radius 2 is 2.13 bits per heavy atom. The number of ether oxygens (including phenoxy) is 1. The molecule has 8 heteroatoms. The van der Waals surface area contributed by atoms with Gasteiger partial charge in [0.15, 0.2) is 6.61 Å². The topological polar surface area (TPSA) is 61.9 Å². The van der Waals surface area contributed by atoms with Crippen LogP contribution in [0.5, 0.6) is 5.75 Å². The number of likely N-dealkylation sites (tertiary alicyclic amines) is 1. The Morgan fingerprint density at radius 1 is 1.33 bits per heavy atom. The van der Waals surface area contributed by atoms with E-state index in [9.17, 15) is 9.59 Å². The minimum Gasteiger partial charge on any atom is -0.482 e. The number of anilines is 1. The molecule has 1 atom stereocenters. The van der Waals surface area contributed by atoms with Crippen molar-refractivity contribution in [2.24, 2.45) is 5.92 Å². The molecule has 0 saturated carbocycles. The number of amides is 2. The van der Waals surface area contributed by atoms with E-state index in [0.29, 0.717) is 23.0 Å². The Bertz CT molecular complexity index is 897. The van der Waals surface area contributed by atoms with Crippen molar-refractivity contribution in [3.8, 4) is 5.75 Å². The Hall–Kier alpha value is -2.09. The summed E-state index contributed by atoms with van der Waals surface area (Å²) in [5, 5.41) is 5.62. The van der Waals surface area contributed by atoms with Gasteiger partial charge in [0, 0.05) is 16.4 Å². The Labute approximate surface area is 185 Å². The van der Waals surface area contributed by atoms with Crippen LogP contribution in [-0.4, -0.2) is 49.5 Å². The van der Waals surface area contributed by atoms with Crippen LogP contribution < -0.4 is 15.0 Å². The van der Waals surface area contributed by atoms with E-state index in [2.05, 4.69) is 34.7 Å². The second kappa shape index (κ2) is 9.37. The van der Waals surface area contributed by atoms with Crippen LogP contribution in [-0.2, 0) is 9.59 Å². The largest absolute Gasteiger partial charge is 0.482 e. The molecule has 1 fully saturated rings. The first-order chi connectivity index (χ1) is 14.5. The number of thiophene rings is 1. The van der Waals surface area contributed by atoms with Crippen LogP contribution in [0.2, 0.25) is 5.02 Å². The van der Waals surface area contributed by atoms with Gasteiger partial charge in [-0.25, -0.2) is 0 Å². The third-order valence-electron chi connectivity index (χ3n) is 5.79. The molecule has 2 aromatic rings. The Morgan fingerprint density at radius 3 is 2.87 bits per heavy atom. The first-order valence-corrected chi connectivity index (χ1v) is 11.5. The van der Waals surface area contributed by atoms with Crippen molar-refractivity contribution >= 4 is 40.4 Å². The second-order valence-corrected chi connectivity index (χ2v) is 9.35. The highest BCUT2D eigenvalue weighted by molar-refractivity contribution is 7.10. The van der Waals surface area contributed by atoms with Crippen molar-refractivity contribution in [2.45, 2.75) is 25.8 Å². The highest BCUT2D eigenvalue weighted by Gasteiger charge is 2.29. The van der Waals surface area contributed by atoms with Crippen molar-refractivity contribution in [3.05, 3.63) is 45.6 Å². The lowest BCUT2D eigenvalue weighted by Crippen LogP contribution is -2.47. The SMILES string of the molecule is CC1CCN([C@H](CNC(=O)CN2C(=O)COc3ccc(Cl)cc32)c2cccs2)CC1. The normalized spacial score (nSPS) is 18.6. The molecule has 0 radical (unpaired) electrons. The van der Waals surface area contributed by atoms with Gasteiger partial charge in [-0.2, -0.15) is 0 Å². The summed E-state index contributed by atoms with van der Waals surface area (Å²) in [6, 6.07) is 9.42. The number of nitrogens with zero attached hydrogens (tertiary/aromatic N) is 2. The first kappa shape index (κ1) is 21.2. The van der Waals surface area contributed by atoms with E-state index in [4.69, 9.17) is 16.3 Å². The minimum absolute atomic E-state index is 0.0519. The number of hydrogen-bond acceptors (Lipinski definition) is 5. The zero-order valence-corrected chi connectivity index (χ0v) is 18.5. The Balaban J connectivity index is 1.42. The second-order valence-electron chi connectivity index (χ2n) is 7.93. The molecule has 1 N–H and O–H groups in total. The lowest BCUT2D eigenvalue weighted by atomic mass is 9.97. The highest BCUT2D eigenvalue weighted by Crippen LogP contribution is 2.34. The summed E-state index contributed by atoms with van der Waals surface area (Å²) in [4.78, 5) is 30.3. The van der Waals surface area contributed by atoms with E-state index < -0.39 is 0 Å². The summed E-state index contributed by atoms with van der Waals surface area (Å²) in [5.41, 5.74) is 0.536. The molecule has 2 aliphatic heterocycles. The maximum Gasteiger partial charge on any atom is 0.265 e. The fourth-order valence-electron chi connectivity index (χ4n) is 3.99. The van der Waals surface area contributed by atoms with Gasteiger partial charge in [0.25, 0.3) is 5.91 Å². The summed E-state index contributed by atoms with van der Waals surface area (Å²) in [6.45, 7) is 4.76. The molecule has 1 saturated heterocycles. The predicted octanol–water partition coefficient (Wildman–Crippen LogP) is 3.72. The van der Waals surface area contributed by atoms with E-state index >= 15 is 0 Å². The van der Waals surface area contributed by atoms with Gasteiger partial charge in [-0.3, -0.25) is 19.4 Å². The molecule has 6 nitrogen and oxygen atoms in total. The Kier molecular flexibility index (Phi) is 6.61. The first-order valence-electron chi connectivity index (χ1n) is 10.3. The van der Waals surface area contributed by atoms with E-state index in [1.165, 1.54) is 22.6 Å². The van der Waals surface area contributed by atoms with E-state index in [1.54, 1.807) is 29.5 Å².